The van der Waals surface area contributed by atoms with E-state index in [0.717, 1.165) is 42.8 Å². The summed E-state index contributed by atoms with van der Waals surface area (Å²) >= 11 is 0. The second-order valence-corrected chi connectivity index (χ2v) is 5.08. The zero-order valence-corrected chi connectivity index (χ0v) is 11.4. The first-order chi connectivity index (χ1) is 9.67. The first kappa shape index (κ1) is 12.9. The van der Waals surface area contributed by atoms with Gasteiger partial charge in [-0.2, -0.15) is 0 Å². The van der Waals surface area contributed by atoms with E-state index in [0.29, 0.717) is 17.2 Å². The number of aryl methyl sites for hydroxylation is 1. The Morgan fingerprint density at radius 3 is 3.05 bits per heavy atom. The summed E-state index contributed by atoms with van der Waals surface area (Å²) in [6, 6.07) is 3.87. The van der Waals surface area contributed by atoms with Gasteiger partial charge in [0, 0.05) is 12.5 Å². The van der Waals surface area contributed by atoms with E-state index >= 15 is 0 Å². The van der Waals surface area contributed by atoms with Gasteiger partial charge in [0.05, 0.1) is 5.52 Å². The van der Waals surface area contributed by atoms with Crippen LogP contribution >= 0.6 is 0 Å². The van der Waals surface area contributed by atoms with Crippen LogP contribution in [0.3, 0.4) is 0 Å². The molecule has 0 saturated carbocycles. The van der Waals surface area contributed by atoms with Crippen LogP contribution in [-0.2, 0) is 6.42 Å². The van der Waals surface area contributed by atoms with Crippen LogP contribution in [0.15, 0.2) is 12.1 Å². The fourth-order valence-corrected chi connectivity index (χ4v) is 2.63. The van der Waals surface area contributed by atoms with Gasteiger partial charge in [-0.15, -0.1) is 0 Å². The molecule has 0 bridgehead atoms. The quantitative estimate of drug-likeness (QED) is 0.793. The van der Waals surface area contributed by atoms with E-state index in [1.54, 1.807) is 0 Å². The van der Waals surface area contributed by atoms with Crippen molar-refractivity contribution < 1.29 is 9.53 Å². The predicted molar refractivity (Wildman–Crippen MR) is 75.9 cm³/mol. The molecule has 2 heterocycles. The Balaban J connectivity index is 2.07. The molecular formula is C14H18N4O2. The molecule has 2 aromatic rings. The van der Waals surface area contributed by atoms with Crippen molar-refractivity contribution in [2.75, 3.05) is 13.1 Å². The lowest BCUT2D eigenvalue weighted by atomic mass is 10.1. The molecule has 1 aromatic heterocycles. The number of primary amides is 1. The van der Waals surface area contributed by atoms with E-state index in [1.807, 2.05) is 19.1 Å². The number of carbonyl (C=O) groups excluding carboxylic acids is 1. The minimum atomic E-state index is -0.813. The molecular weight excluding hydrogens is 256 g/mol. The molecule has 1 aromatic carbocycles. The average Bonchev–Trinajstić information content (AvgIpc) is 3.06. The highest BCUT2D eigenvalue weighted by molar-refractivity contribution is 5.85. The van der Waals surface area contributed by atoms with Crippen molar-refractivity contribution in [3.05, 3.63) is 23.5 Å². The summed E-state index contributed by atoms with van der Waals surface area (Å²) in [5, 5.41) is 3.32. The number of ether oxygens (including phenoxy) is 1. The molecule has 20 heavy (non-hydrogen) atoms. The van der Waals surface area contributed by atoms with E-state index in [-0.39, 0.29) is 0 Å². The molecule has 0 radical (unpaired) electrons. The van der Waals surface area contributed by atoms with Crippen LogP contribution in [0.2, 0.25) is 0 Å². The topological polar surface area (TPSA) is 93.0 Å². The summed E-state index contributed by atoms with van der Waals surface area (Å²) in [6.07, 6.45) is 1.10. The van der Waals surface area contributed by atoms with Crippen molar-refractivity contribution in [2.24, 2.45) is 5.73 Å². The number of benzene rings is 1. The number of imidazole rings is 1. The number of nitrogens with zero attached hydrogens (tertiary/aromatic N) is 1. The highest BCUT2D eigenvalue weighted by Crippen LogP contribution is 2.29. The molecule has 106 valence electrons. The van der Waals surface area contributed by atoms with E-state index in [4.69, 9.17) is 10.5 Å². The number of fused-ring (bicyclic) bond motifs is 1. The summed E-state index contributed by atoms with van der Waals surface area (Å²) in [7, 11) is 0. The summed E-state index contributed by atoms with van der Waals surface area (Å²) < 4.78 is 5.09. The molecule has 1 fully saturated rings. The van der Waals surface area contributed by atoms with Gasteiger partial charge in [0.1, 0.15) is 11.3 Å². The number of rotatable bonds is 3. The molecule has 0 aliphatic carbocycles. The Labute approximate surface area is 116 Å². The predicted octanol–water partition coefficient (Wildman–Crippen LogP) is 1.66. The van der Waals surface area contributed by atoms with Crippen molar-refractivity contribution in [3.63, 3.8) is 0 Å². The average molecular weight is 274 g/mol. The number of H-pyrrole nitrogens is 1. The van der Waals surface area contributed by atoms with Gasteiger partial charge in [0.25, 0.3) is 0 Å². The molecule has 1 amide bonds. The second-order valence-electron chi connectivity index (χ2n) is 5.08. The SMILES string of the molecule is CCc1cc(OC(N)=O)c2nc(C3CCNC3)[nH]c2c1. The van der Waals surface area contributed by atoms with Gasteiger partial charge >= 0.3 is 6.09 Å². The van der Waals surface area contributed by atoms with E-state index in [1.165, 1.54) is 0 Å². The van der Waals surface area contributed by atoms with Gasteiger partial charge in [-0.1, -0.05) is 6.92 Å². The number of aromatic amines is 1. The molecule has 6 heteroatoms. The van der Waals surface area contributed by atoms with Crippen LogP contribution in [0.25, 0.3) is 11.0 Å². The maximum atomic E-state index is 11.0. The second kappa shape index (κ2) is 5.13. The molecule has 1 atom stereocenters. The molecule has 1 unspecified atom stereocenters. The minimum absolute atomic E-state index is 0.383. The molecule has 1 saturated heterocycles. The number of hydrogen-bond donors (Lipinski definition) is 3. The molecule has 1 aliphatic rings. The Hall–Kier alpha value is -2.08. The number of aromatic nitrogens is 2. The van der Waals surface area contributed by atoms with Crippen molar-refractivity contribution in [1.29, 1.82) is 0 Å². The summed E-state index contributed by atoms with van der Waals surface area (Å²) in [4.78, 5) is 19.0. The first-order valence-electron chi connectivity index (χ1n) is 6.88. The zero-order valence-electron chi connectivity index (χ0n) is 11.4. The molecule has 0 spiro atoms. The van der Waals surface area contributed by atoms with Gasteiger partial charge in [-0.25, -0.2) is 9.78 Å². The highest BCUT2D eigenvalue weighted by atomic mass is 16.5. The van der Waals surface area contributed by atoms with Crippen LogP contribution in [0, 0.1) is 0 Å². The highest BCUT2D eigenvalue weighted by Gasteiger charge is 2.21. The Morgan fingerprint density at radius 1 is 1.55 bits per heavy atom. The third kappa shape index (κ3) is 2.34. The first-order valence-corrected chi connectivity index (χ1v) is 6.88. The Morgan fingerprint density at radius 2 is 2.40 bits per heavy atom. The molecule has 4 N–H and O–H groups in total. The largest absolute Gasteiger partial charge is 0.410 e. The van der Waals surface area contributed by atoms with Gasteiger partial charge in [-0.05, 0) is 37.1 Å². The maximum absolute atomic E-state index is 11.0. The van der Waals surface area contributed by atoms with Crippen LogP contribution < -0.4 is 15.8 Å². The van der Waals surface area contributed by atoms with Crippen molar-refractivity contribution in [3.8, 4) is 5.75 Å². The lowest BCUT2D eigenvalue weighted by Gasteiger charge is -2.04. The van der Waals surface area contributed by atoms with Crippen molar-refractivity contribution >= 4 is 17.1 Å². The van der Waals surface area contributed by atoms with Crippen LogP contribution in [0.1, 0.15) is 30.7 Å². The van der Waals surface area contributed by atoms with E-state index in [2.05, 4.69) is 15.3 Å². The number of carbonyl (C=O) groups is 1. The van der Waals surface area contributed by atoms with Gasteiger partial charge in [0.15, 0.2) is 5.75 Å². The van der Waals surface area contributed by atoms with Crippen LogP contribution in [0.4, 0.5) is 4.79 Å². The summed E-state index contributed by atoms with van der Waals surface area (Å²) in [6.45, 7) is 3.98. The lowest BCUT2D eigenvalue weighted by molar-refractivity contribution is 0.211. The third-order valence-corrected chi connectivity index (χ3v) is 3.70. The fraction of sp³-hybridized carbons (Fsp3) is 0.429. The molecule has 1 aliphatic heterocycles. The summed E-state index contributed by atoms with van der Waals surface area (Å²) in [5.74, 6) is 1.75. The monoisotopic (exact) mass is 274 g/mol. The molecule has 6 nitrogen and oxygen atoms in total. The van der Waals surface area contributed by atoms with Gasteiger partial charge < -0.3 is 20.8 Å². The number of nitrogens with one attached hydrogen (secondary N) is 2. The standard InChI is InChI=1S/C14H18N4O2/c1-2-8-5-10-12(11(6-8)20-14(15)19)18-13(17-10)9-3-4-16-7-9/h5-6,9,16H,2-4,7H2,1H3,(H2,15,19)(H,17,18). The number of hydrogen-bond acceptors (Lipinski definition) is 4. The maximum Gasteiger partial charge on any atom is 0.410 e. The number of nitrogens with two attached hydrogens (primary N) is 1. The Bertz CT molecular complexity index is 644. The third-order valence-electron chi connectivity index (χ3n) is 3.70. The van der Waals surface area contributed by atoms with Crippen LogP contribution in [0.5, 0.6) is 5.75 Å². The van der Waals surface area contributed by atoms with E-state index < -0.39 is 6.09 Å². The van der Waals surface area contributed by atoms with Crippen LogP contribution in [-0.4, -0.2) is 29.2 Å². The normalized spacial score (nSPS) is 18.6. The minimum Gasteiger partial charge on any atom is -0.408 e. The lowest BCUT2D eigenvalue weighted by Crippen LogP contribution is -2.16. The molecule has 3 rings (SSSR count). The fourth-order valence-electron chi connectivity index (χ4n) is 2.63. The van der Waals surface area contributed by atoms with Gasteiger partial charge in [0.2, 0.25) is 0 Å². The Kier molecular flexibility index (Phi) is 3.31. The van der Waals surface area contributed by atoms with Gasteiger partial charge in [-0.3, -0.25) is 0 Å². The zero-order chi connectivity index (χ0) is 14.1. The van der Waals surface area contributed by atoms with Crippen molar-refractivity contribution in [2.45, 2.75) is 25.7 Å². The van der Waals surface area contributed by atoms with E-state index in [9.17, 15) is 4.79 Å². The summed E-state index contributed by atoms with van der Waals surface area (Å²) in [5.41, 5.74) is 7.76. The van der Waals surface area contributed by atoms with Crippen molar-refractivity contribution in [1.82, 2.24) is 15.3 Å². The number of amides is 1. The smallest absolute Gasteiger partial charge is 0.408 e.